The lowest BCUT2D eigenvalue weighted by Gasteiger charge is -2.18. The lowest BCUT2D eigenvalue weighted by atomic mass is 10.1. The molecule has 0 spiro atoms. The van der Waals surface area contributed by atoms with Gasteiger partial charge < -0.3 is 15.0 Å². The van der Waals surface area contributed by atoms with Crippen LogP contribution in [0.3, 0.4) is 0 Å². The number of rotatable bonds is 5. The molecule has 1 aromatic carbocycles. The van der Waals surface area contributed by atoms with Gasteiger partial charge in [0.2, 0.25) is 0 Å². The summed E-state index contributed by atoms with van der Waals surface area (Å²) in [5.74, 6) is 0.635. The van der Waals surface area contributed by atoms with Gasteiger partial charge in [0.1, 0.15) is 11.9 Å². The summed E-state index contributed by atoms with van der Waals surface area (Å²) in [4.78, 5) is 4.20. The molecule has 2 aromatic heterocycles. The lowest BCUT2D eigenvalue weighted by molar-refractivity contribution is 0.206. The van der Waals surface area contributed by atoms with Gasteiger partial charge in [-0.2, -0.15) is 5.10 Å². The largest absolute Gasteiger partial charge is 0.381 e. The minimum absolute atomic E-state index is 0.0129. The Morgan fingerprint density at radius 1 is 1.20 bits per heavy atom. The average molecular weight is 339 g/mol. The van der Waals surface area contributed by atoms with E-state index in [9.17, 15) is 5.11 Å². The number of imidazole rings is 1. The second-order valence-electron chi connectivity index (χ2n) is 7.24. The molecule has 0 radical (unpaired) electrons. The summed E-state index contributed by atoms with van der Waals surface area (Å²) >= 11 is 0. The summed E-state index contributed by atoms with van der Waals surface area (Å²) in [7, 11) is 1.87. The first-order valence-corrected chi connectivity index (χ1v) is 8.38. The Morgan fingerprint density at radius 2 is 1.92 bits per heavy atom. The van der Waals surface area contributed by atoms with Crippen molar-refractivity contribution in [2.45, 2.75) is 39.0 Å². The highest BCUT2D eigenvalue weighted by Gasteiger charge is 2.15. The van der Waals surface area contributed by atoms with E-state index >= 15 is 0 Å². The number of hydrogen-bond donors (Lipinski definition) is 2. The number of aromatic nitrogens is 4. The minimum atomic E-state index is -0.723. The second-order valence-corrected chi connectivity index (χ2v) is 7.24. The molecule has 0 fully saturated rings. The third kappa shape index (κ3) is 3.91. The molecule has 1 atom stereocenters. The molecule has 2 heterocycles. The Balaban J connectivity index is 1.63. The van der Waals surface area contributed by atoms with Crippen molar-refractivity contribution < 1.29 is 5.11 Å². The second kappa shape index (κ2) is 6.72. The topological polar surface area (TPSA) is 67.9 Å². The van der Waals surface area contributed by atoms with E-state index in [-0.39, 0.29) is 5.54 Å². The molecule has 6 nitrogen and oxygen atoms in total. The molecule has 0 saturated heterocycles. The Labute approximate surface area is 148 Å². The van der Waals surface area contributed by atoms with Crippen LogP contribution in [0.15, 0.2) is 49.1 Å². The highest BCUT2D eigenvalue weighted by atomic mass is 16.3. The number of aliphatic hydroxyl groups excluding tert-OH is 1. The molecule has 0 saturated carbocycles. The van der Waals surface area contributed by atoms with Crippen molar-refractivity contribution in [1.29, 1.82) is 0 Å². The van der Waals surface area contributed by atoms with E-state index in [0.29, 0.717) is 12.4 Å². The fourth-order valence-electron chi connectivity index (χ4n) is 2.60. The third-order valence-electron chi connectivity index (χ3n) is 4.15. The maximum absolute atomic E-state index is 10.4. The quantitative estimate of drug-likeness (QED) is 0.750. The van der Waals surface area contributed by atoms with Crippen LogP contribution in [-0.2, 0) is 19.1 Å². The zero-order chi connectivity index (χ0) is 18.0. The zero-order valence-electron chi connectivity index (χ0n) is 15.1. The lowest BCUT2D eigenvalue weighted by Crippen LogP contribution is -2.21. The van der Waals surface area contributed by atoms with Gasteiger partial charge in [0.05, 0.1) is 11.7 Å². The van der Waals surface area contributed by atoms with Crippen LogP contribution < -0.4 is 5.32 Å². The van der Waals surface area contributed by atoms with Gasteiger partial charge in [-0.15, -0.1) is 0 Å². The van der Waals surface area contributed by atoms with E-state index in [1.54, 1.807) is 6.20 Å². The van der Waals surface area contributed by atoms with E-state index in [4.69, 9.17) is 0 Å². The van der Waals surface area contributed by atoms with Crippen molar-refractivity contribution in [3.05, 3.63) is 66.0 Å². The highest BCUT2D eigenvalue weighted by Crippen LogP contribution is 2.22. The number of benzene rings is 1. The Bertz CT molecular complexity index is 826. The molecule has 0 bridgehead atoms. The first kappa shape index (κ1) is 17.2. The van der Waals surface area contributed by atoms with E-state index in [1.165, 1.54) is 0 Å². The molecule has 25 heavy (non-hydrogen) atoms. The van der Waals surface area contributed by atoms with Crippen LogP contribution in [0.25, 0.3) is 0 Å². The Hall–Kier alpha value is -2.60. The van der Waals surface area contributed by atoms with Crippen LogP contribution in [0.4, 0.5) is 5.69 Å². The van der Waals surface area contributed by atoms with Gasteiger partial charge in [-0.25, -0.2) is 4.98 Å². The van der Waals surface area contributed by atoms with Crippen molar-refractivity contribution >= 4 is 5.69 Å². The molecular formula is C19H25N5O. The van der Waals surface area contributed by atoms with Gasteiger partial charge in [-0.05, 0) is 38.5 Å². The van der Waals surface area contributed by atoms with Crippen LogP contribution in [0, 0.1) is 0 Å². The van der Waals surface area contributed by atoms with Crippen LogP contribution in [0.2, 0.25) is 0 Å². The summed E-state index contributed by atoms with van der Waals surface area (Å²) < 4.78 is 3.79. The number of aryl methyl sites for hydroxylation is 1. The molecule has 0 aliphatic heterocycles. The van der Waals surface area contributed by atoms with Crippen LogP contribution in [0.5, 0.6) is 0 Å². The summed E-state index contributed by atoms with van der Waals surface area (Å²) in [5.41, 5.74) is 2.94. The first-order chi connectivity index (χ1) is 11.8. The molecular weight excluding hydrogens is 314 g/mol. The van der Waals surface area contributed by atoms with Crippen molar-refractivity contribution in [2.75, 3.05) is 5.32 Å². The monoisotopic (exact) mass is 339 g/mol. The maximum Gasteiger partial charge on any atom is 0.142 e. The minimum Gasteiger partial charge on any atom is -0.381 e. The van der Waals surface area contributed by atoms with Crippen molar-refractivity contribution in [3.8, 4) is 0 Å². The smallest absolute Gasteiger partial charge is 0.142 e. The standard InChI is InChI=1S/C19H25N5O/c1-19(2,3)24-13-14(12-22-24)11-21-16-7-5-15(6-8-16)17(25)18-20-9-10-23(18)4/h5-10,12-13,17,21,25H,11H2,1-4H3/t17-/m1/s1. The summed E-state index contributed by atoms with van der Waals surface area (Å²) in [6, 6.07) is 7.77. The van der Waals surface area contributed by atoms with Gasteiger partial charge >= 0.3 is 0 Å². The highest BCUT2D eigenvalue weighted by molar-refractivity contribution is 5.46. The van der Waals surface area contributed by atoms with E-state index in [0.717, 1.165) is 16.8 Å². The molecule has 0 amide bonds. The predicted octanol–water partition coefficient (Wildman–Crippen LogP) is 3.07. The van der Waals surface area contributed by atoms with Gasteiger partial charge in [0.25, 0.3) is 0 Å². The predicted molar refractivity (Wildman–Crippen MR) is 98.3 cm³/mol. The SMILES string of the molecule is Cn1ccnc1[C@H](O)c1ccc(NCc2cnn(C(C)(C)C)c2)cc1. The number of nitrogens with one attached hydrogen (secondary N) is 1. The third-order valence-corrected chi connectivity index (χ3v) is 4.15. The molecule has 0 unspecified atom stereocenters. The summed E-state index contributed by atoms with van der Waals surface area (Å²) in [5, 5.41) is 18.2. The van der Waals surface area contributed by atoms with E-state index < -0.39 is 6.10 Å². The number of nitrogens with zero attached hydrogens (tertiary/aromatic N) is 4. The fraction of sp³-hybridized carbons (Fsp3) is 0.368. The molecule has 6 heteroatoms. The van der Waals surface area contributed by atoms with Crippen molar-refractivity contribution in [1.82, 2.24) is 19.3 Å². The van der Waals surface area contributed by atoms with Crippen molar-refractivity contribution in [2.24, 2.45) is 7.05 Å². The Kier molecular flexibility index (Phi) is 4.63. The zero-order valence-corrected chi connectivity index (χ0v) is 15.1. The van der Waals surface area contributed by atoms with Crippen LogP contribution in [-0.4, -0.2) is 24.4 Å². The maximum atomic E-state index is 10.4. The first-order valence-electron chi connectivity index (χ1n) is 8.38. The van der Waals surface area contributed by atoms with Crippen molar-refractivity contribution in [3.63, 3.8) is 0 Å². The number of aliphatic hydroxyl groups is 1. The van der Waals surface area contributed by atoms with Gasteiger partial charge in [0, 0.05) is 43.4 Å². The molecule has 2 N–H and O–H groups in total. The Morgan fingerprint density at radius 3 is 2.48 bits per heavy atom. The van der Waals surface area contributed by atoms with Crippen LogP contribution in [0.1, 0.15) is 43.8 Å². The number of hydrogen-bond acceptors (Lipinski definition) is 4. The molecule has 3 rings (SSSR count). The summed E-state index contributed by atoms with van der Waals surface area (Å²) in [6.45, 7) is 7.09. The average Bonchev–Trinajstić information content (AvgIpc) is 3.21. The normalized spacial score (nSPS) is 13.0. The summed E-state index contributed by atoms with van der Waals surface area (Å²) in [6.07, 6.45) is 6.74. The fourth-order valence-corrected chi connectivity index (χ4v) is 2.60. The molecule has 0 aliphatic carbocycles. The van der Waals surface area contributed by atoms with Crippen LogP contribution >= 0.6 is 0 Å². The van der Waals surface area contributed by atoms with Gasteiger partial charge in [0.15, 0.2) is 0 Å². The van der Waals surface area contributed by atoms with Gasteiger partial charge in [-0.1, -0.05) is 12.1 Å². The van der Waals surface area contributed by atoms with E-state index in [1.807, 2.05) is 53.0 Å². The molecule has 0 aliphatic rings. The van der Waals surface area contributed by atoms with E-state index in [2.05, 4.69) is 42.4 Å². The molecule has 3 aromatic rings. The molecule has 132 valence electrons. The number of anilines is 1. The van der Waals surface area contributed by atoms with Gasteiger partial charge in [-0.3, -0.25) is 4.68 Å².